The maximum Gasteiger partial charge on any atom is 0.251 e. The molecule has 0 bridgehead atoms. The lowest BCUT2D eigenvalue weighted by Gasteiger charge is -2.12. The molecule has 0 fully saturated rings. The summed E-state index contributed by atoms with van der Waals surface area (Å²) in [5, 5.41) is 9.43. The Morgan fingerprint density at radius 2 is 2.33 bits per heavy atom. The second-order valence-corrected chi connectivity index (χ2v) is 4.82. The van der Waals surface area contributed by atoms with Gasteiger partial charge in [-0.05, 0) is 41.1 Å². The average Bonchev–Trinajstić information content (AvgIpc) is 2.86. The van der Waals surface area contributed by atoms with Crippen molar-refractivity contribution in [3.05, 3.63) is 46.2 Å². The maximum atomic E-state index is 12.0. The van der Waals surface area contributed by atoms with Gasteiger partial charge in [-0.15, -0.1) is 0 Å². The first-order valence-corrected chi connectivity index (χ1v) is 6.22. The Morgan fingerprint density at radius 1 is 1.56 bits per heavy atom. The minimum atomic E-state index is -0.164. The van der Waals surface area contributed by atoms with Crippen molar-refractivity contribution in [2.75, 3.05) is 5.73 Å². The van der Waals surface area contributed by atoms with Gasteiger partial charge in [0.25, 0.3) is 5.91 Å². The minimum Gasteiger partial charge on any atom is -0.398 e. The van der Waals surface area contributed by atoms with Crippen molar-refractivity contribution < 1.29 is 4.79 Å². The Kier molecular flexibility index (Phi) is 3.66. The van der Waals surface area contributed by atoms with Gasteiger partial charge in [0.15, 0.2) is 0 Å². The van der Waals surface area contributed by atoms with E-state index >= 15 is 0 Å². The van der Waals surface area contributed by atoms with Crippen LogP contribution in [0.15, 0.2) is 35.1 Å². The number of nitrogen functional groups attached to an aromatic ring is 1. The summed E-state index contributed by atoms with van der Waals surface area (Å²) in [5.74, 6) is -0.164. The first kappa shape index (κ1) is 12.6. The number of hydrogen-bond acceptors (Lipinski definition) is 3. The van der Waals surface area contributed by atoms with Gasteiger partial charge in [0.2, 0.25) is 0 Å². The molecule has 0 saturated heterocycles. The fourth-order valence-corrected chi connectivity index (χ4v) is 1.79. The fraction of sp³-hybridized carbons (Fsp3) is 0.167. The van der Waals surface area contributed by atoms with Crippen molar-refractivity contribution in [3.63, 3.8) is 0 Å². The van der Waals surface area contributed by atoms with Crippen LogP contribution in [0.3, 0.4) is 0 Å². The molecule has 1 atom stereocenters. The van der Waals surface area contributed by atoms with E-state index in [1.807, 2.05) is 6.92 Å². The Bertz CT molecular complexity index is 553. The largest absolute Gasteiger partial charge is 0.398 e. The van der Waals surface area contributed by atoms with Gasteiger partial charge in [-0.1, -0.05) is 0 Å². The highest BCUT2D eigenvalue weighted by molar-refractivity contribution is 9.10. The molecule has 2 aromatic rings. The molecule has 0 aliphatic rings. The number of rotatable bonds is 3. The van der Waals surface area contributed by atoms with Crippen LogP contribution >= 0.6 is 15.9 Å². The van der Waals surface area contributed by atoms with Crippen molar-refractivity contribution in [1.29, 1.82) is 0 Å². The minimum absolute atomic E-state index is 0.110. The smallest absolute Gasteiger partial charge is 0.251 e. The number of benzene rings is 1. The van der Waals surface area contributed by atoms with E-state index in [1.165, 1.54) is 0 Å². The Labute approximate surface area is 113 Å². The molecule has 0 spiro atoms. The number of anilines is 1. The monoisotopic (exact) mass is 308 g/mol. The predicted octanol–water partition coefficient (Wildman–Crippen LogP) is 2.25. The normalized spacial score (nSPS) is 12.1. The van der Waals surface area contributed by atoms with Crippen molar-refractivity contribution in [2.24, 2.45) is 0 Å². The predicted molar refractivity (Wildman–Crippen MR) is 73.0 cm³/mol. The highest BCUT2D eigenvalue weighted by Crippen LogP contribution is 2.20. The molecule has 5 nitrogen and oxygen atoms in total. The number of halogens is 1. The standard InChI is InChI=1S/C12H13BrN4O/c1-7(9-5-15-16-6-9)17-12(18)8-2-3-10(13)11(14)4-8/h2-7H,14H2,1H3,(H,15,16)(H,17,18). The van der Waals surface area contributed by atoms with Crippen molar-refractivity contribution in [1.82, 2.24) is 15.5 Å². The molecule has 1 heterocycles. The second-order valence-electron chi connectivity index (χ2n) is 3.96. The number of aromatic amines is 1. The number of carbonyl (C=O) groups excluding carboxylic acids is 1. The first-order chi connectivity index (χ1) is 8.58. The lowest BCUT2D eigenvalue weighted by atomic mass is 10.1. The van der Waals surface area contributed by atoms with E-state index in [0.29, 0.717) is 11.3 Å². The first-order valence-electron chi connectivity index (χ1n) is 5.42. The third-order valence-electron chi connectivity index (χ3n) is 2.63. The van der Waals surface area contributed by atoms with Gasteiger partial charge in [-0.25, -0.2) is 0 Å². The molecule has 1 aromatic heterocycles. The van der Waals surface area contributed by atoms with Crippen LogP contribution in [0.1, 0.15) is 28.9 Å². The maximum absolute atomic E-state index is 12.0. The van der Waals surface area contributed by atoms with Crippen molar-refractivity contribution >= 4 is 27.5 Å². The van der Waals surface area contributed by atoms with Gasteiger partial charge in [0.1, 0.15) is 0 Å². The van der Waals surface area contributed by atoms with Crippen LogP contribution < -0.4 is 11.1 Å². The van der Waals surface area contributed by atoms with Crippen LogP contribution in [0, 0.1) is 0 Å². The third-order valence-corrected chi connectivity index (χ3v) is 3.35. The van der Waals surface area contributed by atoms with Gasteiger partial charge in [-0.3, -0.25) is 9.89 Å². The molecule has 2 rings (SSSR count). The zero-order valence-electron chi connectivity index (χ0n) is 9.77. The number of carbonyl (C=O) groups is 1. The van der Waals surface area contributed by atoms with E-state index in [1.54, 1.807) is 30.6 Å². The molecular weight excluding hydrogens is 296 g/mol. The van der Waals surface area contributed by atoms with Gasteiger partial charge < -0.3 is 11.1 Å². The summed E-state index contributed by atoms with van der Waals surface area (Å²) in [6, 6.07) is 5.01. The molecule has 1 unspecified atom stereocenters. The summed E-state index contributed by atoms with van der Waals surface area (Å²) in [7, 11) is 0. The van der Waals surface area contributed by atoms with Gasteiger partial charge in [0, 0.05) is 27.5 Å². The summed E-state index contributed by atoms with van der Waals surface area (Å²) in [6.07, 6.45) is 3.43. The Hall–Kier alpha value is -1.82. The molecule has 0 aliphatic carbocycles. The summed E-state index contributed by atoms with van der Waals surface area (Å²) in [5.41, 5.74) is 7.74. The molecule has 6 heteroatoms. The van der Waals surface area contributed by atoms with Crippen LogP contribution in [0.5, 0.6) is 0 Å². The quantitative estimate of drug-likeness (QED) is 0.760. The second kappa shape index (κ2) is 5.22. The molecule has 18 heavy (non-hydrogen) atoms. The van der Waals surface area contributed by atoms with Crippen LogP contribution in [0.4, 0.5) is 5.69 Å². The van der Waals surface area contributed by atoms with Crippen LogP contribution in [0.2, 0.25) is 0 Å². The van der Waals surface area contributed by atoms with Crippen LogP contribution in [-0.4, -0.2) is 16.1 Å². The SMILES string of the molecule is CC(NC(=O)c1ccc(Br)c(N)c1)c1cn[nH]c1. The van der Waals surface area contributed by atoms with E-state index in [0.717, 1.165) is 10.0 Å². The highest BCUT2D eigenvalue weighted by Gasteiger charge is 2.12. The molecule has 94 valence electrons. The lowest BCUT2D eigenvalue weighted by molar-refractivity contribution is 0.0940. The van der Waals surface area contributed by atoms with E-state index in [-0.39, 0.29) is 11.9 Å². The number of amides is 1. The molecule has 1 amide bonds. The zero-order valence-corrected chi connectivity index (χ0v) is 11.4. The zero-order chi connectivity index (χ0) is 13.1. The third kappa shape index (κ3) is 2.70. The Morgan fingerprint density at radius 3 is 2.94 bits per heavy atom. The highest BCUT2D eigenvalue weighted by atomic mass is 79.9. The number of nitrogens with one attached hydrogen (secondary N) is 2. The van der Waals surface area contributed by atoms with Gasteiger partial charge in [0.05, 0.1) is 12.2 Å². The number of hydrogen-bond donors (Lipinski definition) is 3. The topological polar surface area (TPSA) is 83.8 Å². The number of aromatic nitrogens is 2. The fourth-order valence-electron chi connectivity index (χ4n) is 1.55. The van der Waals surface area contributed by atoms with Gasteiger partial charge >= 0.3 is 0 Å². The molecule has 0 saturated carbocycles. The van der Waals surface area contributed by atoms with E-state index in [4.69, 9.17) is 5.73 Å². The number of nitrogens with two attached hydrogens (primary N) is 1. The number of nitrogens with zero attached hydrogens (tertiary/aromatic N) is 1. The lowest BCUT2D eigenvalue weighted by Crippen LogP contribution is -2.26. The Balaban J connectivity index is 2.10. The molecule has 0 radical (unpaired) electrons. The number of H-pyrrole nitrogens is 1. The van der Waals surface area contributed by atoms with Crippen LogP contribution in [-0.2, 0) is 0 Å². The van der Waals surface area contributed by atoms with E-state index in [2.05, 4.69) is 31.4 Å². The average molecular weight is 309 g/mol. The molecule has 4 N–H and O–H groups in total. The van der Waals surface area contributed by atoms with Crippen molar-refractivity contribution in [3.8, 4) is 0 Å². The molecule has 0 aliphatic heterocycles. The molecule has 1 aromatic carbocycles. The van der Waals surface area contributed by atoms with Gasteiger partial charge in [-0.2, -0.15) is 5.10 Å². The molecular formula is C12H13BrN4O. The van der Waals surface area contributed by atoms with E-state index < -0.39 is 0 Å². The summed E-state index contributed by atoms with van der Waals surface area (Å²) in [6.45, 7) is 1.89. The van der Waals surface area contributed by atoms with Crippen LogP contribution in [0.25, 0.3) is 0 Å². The summed E-state index contributed by atoms with van der Waals surface area (Å²) < 4.78 is 0.780. The summed E-state index contributed by atoms with van der Waals surface area (Å²) >= 11 is 3.29. The summed E-state index contributed by atoms with van der Waals surface area (Å²) in [4.78, 5) is 12.0. The van der Waals surface area contributed by atoms with Crippen molar-refractivity contribution in [2.45, 2.75) is 13.0 Å². The van der Waals surface area contributed by atoms with E-state index in [9.17, 15) is 4.79 Å².